The SMILES string of the molecule is COc1ccc(I)c([C@H](N)C(F)(F)F)c1. The highest BCUT2D eigenvalue weighted by molar-refractivity contribution is 14.1. The van der Waals surface area contributed by atoms with Gasteiger partial charge in [0.1, 0.15) is 11.8 Å². The Balaban J connectivity index is 3.12. The van der Waals surface area contributed by atoms with Gasteiger partial charge in [0.2, 0.25) is 0 Å². The molecule has 0 unspecified atom stereocenters. The number of rotatable bonds is 2. The minimum atomic E-state index is -4.44. The molecule has 0 saturated carbocycles. The first-order valence-electron chi connectivity index (χ1n) is 4.02. The summed E-state index contributed by atoms with van der Waals surface area (Å²) in [6, 6.07) is 2.47. The quantitative estimate of drug-likeness (QED) is 0.846. The average Bonchev–Trinajstić information content (AvgIpc) is 2.16. The van der Waals surface area contributed by atoms with Crippen LogP contribution in [-0.2, 0) is 0 Å². The molecule has 15 heavy (non-hydrogen) atoms. The lowest BCUT2D eigenvalue weighted by atomic mass is 10.1. The molecule has 2 N–H and O–H groups in total. The molecule has 0 aliphatic carbocycles. The van der Waals surface area contributed by atoms with Crippen molar-refractivity contribution in [2.24, 2.45) is 5.73 Å². The highest BCUT2D eigenvalue weighted by Crippen LogP contribution is 2.34. The van der Waals surface area contributed by atoms with Crippen LogP contribution >= 0.6 is 22.6 Å². The zero-order valence-electron chi connectivity index (χ0n) is 7.81. The van der Waals surface area contributed by atoms with Gasteiger partial charge in [0.15, 0.2) is 0 Å². The van der Waals surface area contributed by atoms with Gasteiger partial charge >= 0.3 is 6.18 Å². The number of alkyl halides is 3. The van der Waals surface area contributed by atoms with E-state index in [0.717, 1.165) is 0 Å². The number of halogens is 4. The van der Waals surface area contributed by atoms with Crippen LogP contribution in [0.15, 0.2) is 18.2 Å². The number of ether oxygens (including phenoxy) is 1. The van der Waals surface area contributed by atoms with E-state index >= 15 is 0 Å². The summed E-state index contributed by atoms with van der Waals surface area (Å²) >= 11 is 1.81. The summed E-state index contributed by atoms with van der Waals surface area (Å²) in [6.45, 7) is 0. The molecule has 1 rings (SSSR count). The third-order valence-corrected chi connectivity index (χ3v) is 2.87. The van der Waals surface area contributed by atoms with Gasteiger partial charge in [-0.25, -0.2) is 0 Å². The fourth-order valence-electron chi connectivity index (χ4n) is 1.06. The monoisotopic (exact) mass is 331 g/mol. The minimum absolute atomic E-state index is 0.0300. The second kappa shape index (κ2) is 4.56. The Bertz CT molecular complexity index is 354. The lowest BCUT2D eigenvalue weighted by Gasteiger charge is -2.17. The predicted octanol–water partition coefficient (Wildman–Crippen LogP) is 2.86. The fraction of sp³-hybridized carbons (Fsp3) is 0.333. The van der Waals surface area contributed by atoms with E-state index in [4.69, 9.17) is 10.5 Å². The summed E-state index contributed by atoms with van der Waals surface area (Å²) in [6.07, 6.45) is -4.44. The molecular formula is C9H9F3INO. The molecule has 84 valence electrons. The van der Waals surface area contributed by atoms with Gasteiger partial charge in [-0.3, -0.25) is 0 Å². The second-order valence-electron chi connectivity index (χ2n) is 2.91. The maximum absolute atomic E-state index is 12.4. The van der Waals surface area contributed by atoms with Gasteiger partial charge in [-0.1, -0.05) is 0 Å². The van der Waals surface area contributed by atoms with E-state index in [0.29, 0.717) is 9.32 Å². The molecule has 0 bridgehead atoms. The van der Waals surface area contributed by atoms with Crippen molar-refractivity contribution in [3.8, 4) is 5.75 Å². The zero-order valence-corrected chi connectivity index (χ0v) is 9.96. The summed E-state index contributed by atoms with van der Waals surface area (Å²) < 4.78 is 42.5. The first kappa shape index (κ1) is 12.6. The van der Waals surface area contributed by atoms with Crippen molar-refractivity contribution in [1.29, 1.82) is 0 Å². The largest absolute Gasteiger partial charge is 0.497 e. The summed E-state index contributed by atoms with van der Waals surface area (Å²) in [7, 11) is 1.39. The Morgan fingerprint density at radius 2 is 2.00 bits per heavy atom. The number of benzene rings is 1. The Morgan fingerprint density at radius 3 is 2.47 bits per heavy atom. The van der Waals surface area contributed by atoms with Crippen molar-refractivity contribution in [3.05, 3.63) is 27.3 Å². The van der Waals surface area contributed by atoms with Crippen molar-refractivity contribution in [3.63, 3.8) is 0 Å². The molecule has 0 spiro atoms. The number of nitrogens with two attached hydrogens (primary N) is 1. The number of methoxy groups -OCH3 is 1. The third-order valence-electron chi connectivity index (χ3n) is 1.89. The Labute approximate surface area is 98.7 Å². The van der Waals surface area contributed by atoms with Crippen molar-refractivity contribution < 1.29 is 17.9 Å². The molecular weight excluding hydrogens is 322 g/mol. The third kappa shape index (κ3) is 2.97. The molecule has 6 heteroatoms. The molecule has 2 nitrogen and oxygen atoms in total. The molecule has 0 saturated heterocycles. The lowest BCUT2D eigenvalue weighted by molar-refractivity contribution is -0.149. The van der Waals surface area contributed by atoms with Gasteiger partial charge in [0, 0.05) is 3.57 Å². The van der Waals surface area contributed by atoms with E-state index in [1.165, 1.54) is 13.2 Å². The van der Waals surface area contributed by atoms with E-state index in [1.807, 2.05) is 22.6 Å². The molecule has 0 aliphatic heterocycles. The van der Waals surface area contributed by atoms with Crippen molar-refractivity contribution in [2.45, 2.75) is 12.2 Å². The van der Waals surface area contributed by atoms with E-state index in [-0.39, 0.29) is 5.56 Å². The highest BCUT2D eigenvalue weighted by Gasteiger charge is 2.38. The van der Waals surface area contributed by atoms with Crippen molar-refractivity contribution in [2.75, 3.05) is 7.11 Å². The van der Waals surface area contributed by atoms with Crippen LogP contribution in [0.5, 0.6) is 5.75 Å². The molecule has 0 aliphatic rings. The van der Waals surface area contributed by atoms with Crippen LogP contribution in [-0.4, -0.2) is 13.3 Å². The Hall–Kier alpha value is -0.500. The van der Waals surface area contributed by atoms with Crippen LogP contribution in [0.4, 0.5) is 13.2 Å². The van der Waals surface area contributed by atoms with E-state index in [9.17, 15) is 13.2 Å². The molecule has 0 aromatic heterocycles. The zero-order chi connectivity index (χ0) is 11.6. The van der Waals surface area contributed by atoms with Crippen molar-refractivity contribution >= 4 is 22.6 Å². The Morgan fingerprint density at radius 1 is 1.40 bits per heavy atom. The molecule has 1 aromatic carbocycles. The normalized spacial score (nSPS) is 13.7. The van der Waals surface area contributed by atoms with Crippen LogP contribution in [0.2, 0.25) is 0 Å². The van der Waals surface area contributed by atoms with Gasteiger partial charge in [0.05, 0.1) is 7.11 Å². The van der Waals surface area contributed by atoms with Crippen molar-refractivity contribution in [1.82, 2.24) is 0 Å². The molecule has 0 heterocycles. The summed E-state index contributed by atoms with van der Waals surface area (Å²) in [5.41, 5.74) is 5.14. The summed E-state index contributed by atoms with van der Waals surface area (Å²) in [5.74, 6) is 0.366. The molecule has 1 aromatic rings. The highest BCUT2D eigenvalue weighted by atomic mass is 127. The fourth-order valence-corrected chi connectivity index (χ4v) is 1.73. The lowest BCUT2D eigenvalue weighted by Crippen LogP contribution is -2.29. The maximum atomic E-state index is 12.4. The standard InChI is InChI=1S/C9H9F3INO/c1-15-5-2-3-7(13)6(4-5)8(14)9(10,11)12/h2-4,8H,14H2,1H3/t8-/m0/s1. The topological polar surface area (TPSA) is 35.2 Å². The van der Waals surface area contributed by atoms with E-state index < -0.39 is 12.2 Å². The van der Waals surface area contributed by atoms with E-state index in [1.54, 1.807) is 12.1 Å². The van der Waals surface area contributed by atoms with Gasteiger partial charge in [-0.15, -0.1) is 0 Å². The van der Waals surface area contributed by atoms with Crippen LogP contribution < -0.4 is 10.5 Å². The molecule has 0 amide bonds. The van der Waals surface area contributed by atoms with Gasteiger partial charge < -0.3 is 10.5 Å². The van der Waals surface area contributed by atoms with Crippen LogP contribution in [0, 0.1) is 3.57 Å². The average molecular weight is 331 g/mol. The number of hydrogen-bond acceptors (Lipinski definition) is 2. The van der Waals surface area contributed by atoms with Crippen LogP contribution in [0.1, 0.15) is 11.6 Å². The van der Waals surface area contributed by atoms with Gasteiger partial charge in [0.25, 0.3) is 0 Å². The second-order valence-corrected chi connectivity index (χ2v) is 4.07. The smallest absolute Gasteiger partial charge is 0.407 e. The maximum Gasteiger partial charge on any atom is 0.407 e. The first-order valence-corrected chi connectivity index (χ1v) is 5.10. The Kier molecular flexibility index (Phi) is 3.82. The molecule has 0 radical (unpaired) electrons. The van der Waals surface area contributed by atoms with Crippen LogP contribution in [0.25, 0.3) is 0 Å². The molecule has 0 fully saturated rings. The van der Waals surface area contributed by atoms with Crippen LogP contribution in [0.3, 0.4) is 0 Å². The van der Waals surface area contributed by atoms with Gasteiger partial charge in [-0.05, 0) is 46.4 Å². The summed E-state index contributed by atoms with van der Waals surface area (Å²) in [4.78, 5) is 0. The summed E-state index contributed by atoms with van der Waals surface area (Å²) in [5, 5.41) is 0. The first-order chi connectivity index (χ1) is 6.86. The molecule has 1 atom stereocenters. The van der Waals surface area contributed by atoms with E-state index in [2.05, 4.69) is 0 Å². The predicted molar refractivity (Wildman–Crippen MR) is 58.7 cm³/mol. The van der Waals surface area contributed by atoms with Gasteiger partial charge in [-0.2, -0.15) is 13.2 Å². The number of hydrogen-bond donors (Lipinski definition) is 1. The minimum Gasteiger partial charge on any atom is -0.497 e.